The van der Waals surface area contributed by atoms with Crippen LogP contribution in [0.2, 0.25) is 0 Å². The van der Waals surface area contributed by atoms with E-state index in [-0.39, 0.29) is 10.8 Å². The molecule has 0 atom stereocenters. The van der Waals surface area contributed by atoms with Gasteiger partial charge in [-0.15, -0.1) is 11.3 Å². The van der Waals surface area contributed by atoms with E-state index in [2.05, 4.69) is 15.5 Å². The summed E-state index contributed by atoms with van der Waals surface area (Å²) in [6.45, 7) is 3.47. The Morgan fingerprint density at radius 1 is 1.44 bits per heavy atom. The van der Waals surface area contributed by atoms with E-state index in [9.17, 15) is 9.59 Å². The zero-order valence-electron chi connectivity index (χ0n) is 9.77. The molecular weight excluding hydrogens is 254 g/mol. The number of anilines is 1. The number of hydrogen-bond acceptors (Lipinski definition) is 4. The molecule has 7 heteroatoms. The summed E-state index contributed by atoms with van der Waals surface area (Å²) in [5.74, 6) is -1.42. The number of carboxylic acid groups (broad SMARTS) is 1. The van der Waals surface area contributed by atoms with Crippen molar-refractivity contribution in [1.82, 2.24) is 10.2 Å². The zero-order chi connectivity index (χ0) is 13.3. The van der Waals surface area contributed by atoms with Crippen LogP contribution in [0, 0.1) is 13.8 Å². The van der Waals surface area contributed by atoms with Gasteiger partial charge in [0.1, 0.15) is 4.88 Å². The molecular formula is C11H11N3O3S. The van der Waals surface area contributed by atoms with Gasteiger partial charge < -0.3 is 10.4 Å². The highest BCUT2D eigenvalue weighted by atomic mass is 32.1. The molecule has 0 saturated carbocycles. The number of hydrogen-bond donors (Lipinski definition) is 3. The summed E-state index contributed by atoms with van der Waals surface area (Å²) in [6, 6.07) is 0. The van der Waals surface area contributed by atoms with E-state index in [4.69, 9.17) is 5.11 Å². The molecule has 0 unspecified atom stereocenters. The lowest BCUT2D eigenvalue weighted by Gasteiger charge is -2.05. The van der Waals surface area contributed by atoms with Gasteiger partial charge in [0.15, 0.2) is 0 Å². The van der Waals surface area contributed by atoms with Crippen LogP contribution in [0.4, 0.5) is 5.69 Å². The van der Waals surface area contributed by atoms with E-state index >= 15 is 0 Å². The highest BCUT2D eigenvalue weighted by molar-refractivity contribution is 7.12. The number of aryl methyl sites for hydroxylation is 2. The summed E-state index contributed by atoms with van der Waals surface area (Å²) in [7, 11) is 0. The third-order valence-electron chi connectivity index (χ3n) is 2.48. The molecule has 0 aliphatic heterocycles. The lowest BCUT2D eigenvalue weighted by molar-refractivity contribution is 0.0703. The van der Waals surface area contributed by atoms with Gasteiger partial charge in [-0.2, -0.15) is 5.10 Å². The first-order chi connectivity index (χ1) is 8.50. The van der Waals surface area contributed by atoms with Crippen molar-refractivity contribution in [3.05, 3.63) is 33.3 Å². The van der Waals surface area contributed by atoms with E-state index in [1.54, 1.807) is 19.2 Å². The third-order valence-corrected chi connectivity index (χ3v) is 3.57. The van der Waals surface area contributed by atoms with E-state index in [0.717, 1.165) is 16.9 Å². The average Bonchev–Trinajstić information content (AvgIpc) is 2.86. The van der Waals surface area contributed by atoms with E-state index in [1.807, 2.05) is 0 Å². The Hall–Kier alpha value is -2.15. The lowest BCUT2D eigenvalue weighted by Crippen LogP contribution is -2.14. The molecule has 0 bridgehead atoms. The number of carbonyl (C=O) groups is 2. The van der Waals surface area contributed by atoms with Gasteiger partial charge in [-0.05, 0) is 24.8 Å². The van der Waals surface area contributed by atoms with Crippen LogP contribution < -0.4 is 5.32 Å². The number of nitrogens with zero attached hydrogens (tertiary/aromatic N) is 1. The van der Waals surface area contributed by atoms with Crippen molar-refractivity contribution in [3.63, 3.8) is 0 Å². The summed E-state index contributed by atoms with van der Waals surface area (Å²) in [6.07, 6.45) is 1.41. The molecule has 6 nitrogen and oxygen atoms in total. The number of nitrogens with one attached hydrogen (secondary N) is 2. The lowest BCUT2D eigenvalue weighted by atomic mass is 10.2. The Morgan fingerprint density at radius 2 is 2.17 bits per heavy atom. The zero-order valence-corrected chi connectivity index (χ0v) is 10.6. The highest BCUT2D eigenvalue weighted by Gasteiger charge is 2.19. The fourth-order valence-electron chi connectivity index (χ4n) is 1.52. The molecule has 94 valence electrons. The van der Waals surface area contributed by atoms with Crippen LogP contribution in [-0.4, -0.2) is 27.2 Å². The van der Waals surface area contributed by atoms with Gasteiger partial charge in [0.05, 0.1) is 17.4 Å². The number of rotatable bonds is 3. The van der Waals surface area contributed by atoms with Gasteiger partial charge in [-0.25, -0.2) is 4.79 Å². The first-order valence-electron chi connectivity index (χ1n) is 5.13. The van der Waals surface area contributed by atoms with Crippen LogP contribution in [0.1, 0.15) is 31.3 Å². The van der Waals surface area contributed by atoms with Crippen molar-refractivity contribution in [2.45, 2.75) is 13.8 Å². The second kappa shape index (κ2) is 4.61. The maximum atomic E-state index is 12.0. The third kappa shape index (κ3) is 2.12. The van der Waals surface area contributed by atoms with Crippen LogP contribution >= 0.6 is 11.3 Å². The average molecular weight is 265 g/mol. The largest absolute Gasteiger partial charge is 0.477 e. The molecule has 0 spiro atoms. The Balaban J connectivity index is 2.30. The summed E-state index contributed by atoms with van der Waals surface area (Å²) < 4.78 is 0. The fraction of sp³-hybridized carbons (Fsp3) is 0.182. The molecule has 18 heavy (non-hydrogen) atoms. The van der Waals surface area contributed by atoms with Crippen LogP contribution in [0.3, 0.4) is 0 Å². The standard InChI is InChI=1S/C11H11N3O3S/c1-5-4-18-9(11(16)17)8(5)13-10(15)7-3-12-14-6(7)2/h3-4H,1-2H3,(H,12,14)(H,13,15)(H,16,17). The molecule has 0 radical (unpaired) electrons. The number of aromatic amines is 1. The molecule has 1 amide bonds. The normalized spacial score (nSPS) is 10.3. The van der Waals surface area contributed by atoms with E-state index in [1.165, 1.54) is 6.20 Å². The first kappa shape index (κ1) is 12.3. The Kier molecular flexibility index (Phi) is 3.15. The Morgan fingerprint density at radius 3 is 2.72 bits per heavy atom. The molecule has 3 N–H and O–H groups in total. The van der Waals surface area contributed by atoms with E-state index < -0.39 is 5.97 Å². The van der Waals surface area contributed by atoms with Crippen molar-refractivity contribution in [2.75, 3.05) is 5.32 Å². The quantitative estimate of drug-likeness (QED) is 0.791. The molecule has 2 aromatic heterocycles. The van der Waals surface area contributed by atoms with Crippen molar-refractivity contribution in [1.29, 1.82) is 0 Å². The van der Waals surface area contributed by atoms with Gasteiger partial charge in [0.2, 0.25) is 0 Å². The highest BCUT2D eigenvalue weighted by Crippen LogP contribution is 2.28. The second-order valence-electron chi connectivity index (χ2n) is 3.79. The maximum Gasteiger partial charge on any atom is 0.348 e. The Labute approximate surface area is 107 Å². The SMILES string of the molecule is Cc1csc(C(=O)O)c1NC(=O)c1cn[nH]c1C. The molecule has 2 rings (SSSR count). The van der Waals surface area contributed by atoms with Crippen LogP contribution in [0.25, 0.3) is 0 Å². The van der Waals surface area contributed by atoms with Crippen LogP contribution in [0.5, 0.6) is 0 Å². The smallest absolute Gasteiger partial charge is 0.348 e. The van der Waals surface area contributed by atoms with Gasteiger partial charge in [0, 0.05) is 5.69 Å². The number of carboxylic acids is 1. The molecule has 0 fully saturated rings. The number of H-pyrrole nitrogens is 1. The van der Waals surface area contributed by atoms with Crippen molar-refractivity contribution >= 4 is 28.9 Å². The second-order valence-corrected chi connectivity index (χ2v) is 4.67. The van der Waals surface area contributed by atoms with Gasteiger partial charge in [0.25, 0.3) is 5.91 Å². The van der Waals surface area contributed by atoms with Gasteiger partial charge in [-0.3, -0.25) is 9.89 Å². The number of aromatic nitrogens is 2. The van der Waals surface area contributed by atoms with Crippen LogP contribution in [-0.2, 0) is 0 Å². The first-order valence-corrected chi connectivity index (χ1v) is 6.01. The molecule has 2 heterocycles. The predicted molar refractivity (Wildman–Crippen MR) is 67.3 cm³/mol. The number of carbonyl (C=O) groups excluding carboxylic acids is 1. The summed E-state index contributed by atoms with van der Waals surface area (Å²) in [5, 5.41) is 19.7. The summed E-state index contributed by atoms with van der Waals surface area (Å²) >= 11 is 1.09. The topological polar surface area (TPSA) is 95.1 Å². The van der Waals surface area contributed by atoms with Crippen molar-refractivity contribution in [3.8, 4) is 0 Å². The summed E-state index contributed by atoms with van der Waals surface area (Å²) in [5.41, 5.74) is 2.11. The molecule has 0 saturated heterocycles. The minimum atomic E-state index is -1.05. The predicted octanol–water partition coefficient (Wildman–Crippen LogP) is 2.04. The molecule has 0 aliphatic carbocycles. The minimum Gasteiger partial charge on any atom is -0.477 e. The molecule has 2 aromatic rings. The number of thiophene rings is 1. The molecule has 0 aromatic carbocycles. The van der Waals surface area contributed by atoms with Crippen molar-refractivity contribution in [2.24, 2.45) is 0 Å². The van der Waals surface area contributed by atoms with Gasteiger partial charge in [-0.1, -0.05) is 0 Å². The van der Waals surface area contributed by atoms with Gasteiger partial charge >= 0.3 is 5.97 Å². The fourth-order valence-corrected chi connectivity index (χ4v) is 2.36. The molecule has 0 aliphatic rings. The summed E-state index contributed by atoms with van der Waals surface area (Å²) in [4.78, 5) is 23.1. The number of aromatic carboxylic acids is 1. The number of amides is 1. The van der Waals surface area contributed by atoms with E-state index in [0.29, 0.717) is 16.9 Å². The van der Waals surface area contributed by atoms with Crippen LogP contribution in [0.15, 0.2) is 11.6 Å². The Bertz CT molecular complexity index is 615. The van der Waals surface area contributed by atoms with Crippen molar-refractivity contribution < 1.29 is 14.7 Å². The maximum absolute atomic E-state index is 12.0. The minimum absolute atomic E-state index is 0.127. The monoisotopic (exact) mass is 265 g/mol.